The highest BCUT2D eigenvalue weighted by Gasteiger charge is 2.32. The van der Waals surface area contributed by atoms with Gasteiger partial charge in [-0.2, -0.15) is 0 Å². The van der Waals surface area contributed by atoms with E-state index in [1.807, 2.05) is 0 Å². The number of rotatable bonds is 16. The molecule has 0 aliphatic heterocycles. The molecule has 4 aromatic rings. The van der Waals surface area contributed by atoms with E-state index >= 15 is 4.39 Å². The Labute approximate surface area is 292 Å². The Hall–Kier alpha value is -5.41. The van der Waals surface area contributed by atoms with E-state index < -0.39 is 70.1 Å². The smallest absolute Gasteiger partial charge is 0.407 e. The number of benzene rings is 4. The number of amides is 2. The summed E-state index contributed by atoms with van der Waals surface area (Å²) in [6.07, 6.45) is -2.90. The van der Waals surface area contributed by atoms with Gasteiger partial charge in [0.05, 0.1) is 11.0 Å². The van der Waals surface area contributed by atoms with Crippen molar-refractivity contribution in [3.05, 3.63) is 142 Å². The Balaban J connectivity index is 1.67. The van der Waals surface area contributed by atoms with Crippen LogP contribution in [0.4, 0.5) is 23.7 Å². The number of carboxylic acid groups (broad SMARTS) is 1. The van der Waals surface area contributed by atoms with Gasteiger partial charge in [-0.3, -0.25) is 4.79 Å². The fourth-order valence-corrected chi connectivity index (χ4v) is 6.91. The molecule has 0 unspecified atom stereocenters. The highest BCUT2D eigenvalue weighted by molar-refractivity contribution is 7.89. The fraction of sp³-hybridized carbons (Fsp3) is 0.257. The van der Waals surface area contributed by atoms with Crippen molar-refractivity contribution in [1.29, 1.82) is 0 Å². The first-order chi connectivity index (χ1) is 24.3. The van der Waals surface area contributed by atoms with Crippen LogP contribution in [0.2, 0.25) is 0 Å². The molecule has 3 atom stereocenters. The Kier molecular flexibility index (Phi) is 13.2. The van der Waals surface area contributed by atoms with E-state index in [9.17, 15) is 42.5 Å². The van der Waals surface area contributed by atoms with Crippen molar-refractivity contribution in [3.63, 3.8) is 0 Å². The second kappa shape index (κ2) is 17.5. The van der Waals surface area contributed by atoms with E-state index in [4.69, 9.17) is 0 Å². The van der Waals surface area contributed by atoms with Crippen LogP contribution in [0.5, 0.6) is 0 Å². The molecule has 0 saturated heterocycles. The van der Waals surface area contributed by atoms with Gasteiger partial charge in [0.25, 0.3) is 0 Å². The van der Waals surface area contributed by atoms with Gasteiger partial charge in [-0.05, 0) is 85.0 Å². The van der Waals surface area contributed by atoms with Crippen molar-refractivity contribution in [2.75, 3.05) is 18.4 Å². The van der Waals surface area contributed by atoms with E-state index in [1.165, 1.54) is 79.7 Å². The molecule has 0 bridgehead atoms. The first-order valence-corrected chi connectivity index (χ1v) is 17.1. The Morgan fingerprint density at radius 3 is 2.06 bits per heavy atom. The van der Waals surface area contributed by atoms with Crippen LogP contribution in [-0.4, -0.2) is 66.8 Å². The molecule has 16 heteroatoms. The predicted octanol–water partition coefficient (Wildman–Crippen LogP) is 6.19. The third-order valence-corrected chi connectivity index (χ3v) is 9.40. The van der Waals surface area contributed by atoms with Crippen LogP contribution in [0.3, 0.4) is 0 Å². The van der Waals surface area contributed by atoms with Crippen molar-refractivity contribution < 1.29 is 41.4 Å². The van der Waals surface area contributed by atoms with Gasteiger partial charge in [0, 0.05) is 41.2 Å². The standard InChI is InChI=1S/C35H35F3N6O6S/c1-22(45)20-44(35(47)48)21-27(42-51(49,50)28-12-3-2-4-13-28)16-17-29-30(38)14-7-15-31(29)40-34(46)33(41-43-39)32(23-8-5-10-25(36)18-23)24-9-6-11-26(37)19-24/h2-15,18-19,22,27,32-33,42,45H,16-17,20-21H2,1H3,(H,40,46)(H,47,48)/t22-,27-,33+/m1/s1. The molecular weight excluding hydrogens is 689 g/mol. The number of carbonyl (C=O) groups is 2. The van der Waals surface area contributed by atoms with Gasteiger partial charge in [-0.15, -0.1) is 0 Å². The maximum absolute atomic E-state index is 15.5. The Bertz CT molecular complexity index is 1950. The molecule has 0 saturated carbocycles. The molecule has 4 rings (SSSR count). The number of halogens is 3. The van der Waals surface area contributed by atoms with Crippen molar-refractivity contribution in [1.82, 2.24) is 9.62 Å². The summed E-state index contributed by atoms with van der Waals surface area (Å²) in [6.45, 7) is 0.618. The SMILES string of the molecule is C[C@@H](O)CN(C[C@@H](CCc1c(F)cccc1NC(=O)[C@@H](N=[N+]=[N-])C(c1cccc(F)c1)c1cccc(F)c1)NS(=O)(=O)c1ccccc1)C(=O)O. The molecule has 0 fully saturated rings. The van der Waals surface area contributed by atoms with Gasteiger partial charge in [-0.1, -0.05) is 53.6 Å². The first kappa shape index (κ1) is 38.4. The molecule has 4 N–H and O–H groups in total. The normalized spacial score (nSPS) is 13.1. The van der Waals surface area contributed by atoms with Crippen LogP contribution in [0.15, 0.2) is 107 Å². The molecule has 0 aliphatic carbocycles. The van der Waals surface area contributed by atoms with Gasteiger partial charge in [-0.25, -0.2) is 31.1 Å². The maximum Gasteiger partial charge on any atom is 0.407 e. The van der Waals surface area contributed by atoms with Crippen molar-refractivity contribution in [2.45, 2.75) is 48.8 Å². The number of nitrogens with one attached hydrogen (secondary N) is 2. The van der Waals surface area contributed by atoms with Crippen molar-refractivity contribution in [3.8, 4) is 0 Å². The lowest BCUT2D eigenvalue weighted by molar-refractivity contribution is -0.117. The summed E-state index contributed by atoms with van der Waals surface area (Å²) in [4.78, 5) is 29.4. The predicted molar refractivity (Wildman–Crippen MR) is 183 cm³/mol. The minimum Gasteiger partial charge on any atom is -0.465 e. The van der Waals surface area contributed by atoms with Crippen LogP contribution >= 0.6 is 0 Å². The zero-order valence-electron chi connectivity index (χ0n) is 27.2. The van der Waals surface area contributed by atoms with Crippen molar-refractivity contribution in [2.24, 2.45) is 5.11 Å². The lowest BCUT2D eigenvalue weighted by Crippen LogP contribution is -2.47. The summed E-state index contributed by atoms with van der Waals surface area (Å²) in [7, 11) is -4.18. The molecular formula is C35H35F3N6O6S. The molecule has 0 aliphatic rings. The zero-order chi connectivity index (χ0) is 37.1. The van der Waals surface area contributed by atoms with Crippen molar-refractivity contribution >= 4 is 27.7 Å². The molecule has 2 amide bonds. The molecule has 0 heterocycles. The molecule has 268 valence electrons. The van der Waals surface area contributed by atoms with Gasteiger partial charge >= 0.3 is 6.09 Å². The summed E-state index contributed by atoms with van der Waals surface area (Å²) in [6, 6.07) is 18.6. The summed E-state index contributed by atoms with van der Waals surface area (Å²) in [5.74, 6) is -4.21. The van der Waals surface area contributed by atoms with Crippen LogP contribution < -0.4 is 10.0 Å². The zero-order valence-corrected chi connectivity index (χ0v) is 28.1. The number of aliphatic hydroxyl groups is 1. The average molecular weight is 725 g/mol. The maximum atomic E-state index is 15.5. The van der Waals surface area contributed by atoms with E-state index in [0.717, 1.165) is 23.1 Å². The fourth-order valence-electron chi connectivity index (χ4n) is 5.63. The van der Waals surface area contributed by atoms with Gasteiger partial charge in [0.1, 0.15) is 23.5 Å². The highest BCUT2D eigenvalue weighted by Crippen LogP contribution is 2.33. The lowest BCUT2D eigenvalue weighted by Gasteiger charge is -2.27. The summed E-state index contributed by atoms with van der Waals surface area (Å²) in [5, 5.41) is 25.8. The largest absolute Gasteiger partial charge is 0.465 e. The molecule has 0 spiro atoms. The first-order valence-electron chi connectivity index (χ1n) is 15.7. The minimum absolute atomic E-state index is 0.0703. The number of nitrogens with zero attached hydrogens (tertiary/aromatic N) is 4. The second-order valence-electron chi connectivity index (χ2n) is 11.7. The number of sulfonamides is 1. The number of aliphatic hydroxyl groups excluding tert-OH is 1. The molecule has 12 nitrogen and oxygen atoms in total. The summed E-state index contributed by atoms with van der Waals surface area (Å²) < 4.78 is 73.1. The minimum atomic E-state index is -4.18. The van der Waals surface area contributed by atoms with Gasteiger partial charge in [0.2, 0.25) is 15.9 Å². The van der Waals surface area contributed by atoms with Crippen LogP contribution in [-0.2, 0) is 21.2 Å². The topological polar surface area (TPSA) is 185 Å². The molecule has 51 heavy (non-hydrogen) atoms. The van der Waals surface area contributed by atoms with E-state index in [0.29, 0.717) is 0 Å². The monoisotopic (exact) mass is 724 g/mol. The summed E-state index contributed by atoms with van der Waals surface area (Å²) >= 11 is 0. The van der Waals surface area contributed by atoms with Crippen LogP contribution in [0, 0.1) is 17.5 Å². The number of hydrogen-bond donors (Lipinski definition) is 4. The number of azide groups is 1. The Morgan fingerprint density at radius 1 is 0.902 bits per heavy atom. The number of carbonyl (C=O) groups excluding carboxylic acids is 1. The quantitative estimate of drug-likeness (QED) is 0.0606. The third kappa shape index (κ3) is 10.5. The molecule has 0 aromatic heterocycles. The van der Waals surface area contributed by atoms with Gasteiger partial charge in [0.15, 0.2) is 0 Å². The highest BCUT2D eigenvalue weighted by atomic mass is 32.2. The Morgan fingerprint density at radius 2 is 1.51 bits per heavy atom. The molecule has 0 radical (unpaired) electrons. The number of anilines is 1. The lowest BCUT2D eigenvalue weighted by atomic mass is 9.84. The van der Waals surface area contributed by atoms with Gasteiger partial charge < -0.3 is 20.4 Å². The van der Waals surface area contributed by atoms with Crippen LogP contribution in [0.1, 0.15) is 36.0 Å². The number of hydrogen-bond acceptors (Lipinski definition) is 6. The molecule has 4 aromatic carbocycles. The van der Waals surface area contributed by atoms with E-state index in [2.05, 4.69) is 20.1 Å². The third-order valence-electron chi connectivity index (χ3n) is 7.87. The van der Waals surface area contributed by atoms with E-state index in [1.54, 1.807) is 6.07 Å². The van der Waals surface area contributed by atoms with Crippen LogP contribution in [0.25, 0.3) is 10.4 Å². The second-order valence-corrected chi connectivity index (χ2v) is 13.4. The van der Waals surface area contributed by atoms with E-state index in [-0.39, 0.29) is 46.7 Å². The average Bonchev–Trinajstić information content (AvgIpc) is 3.07. The summed E-state index contributed by atoms with van der Waals surface area (Å²) in [5.41, 5.74) is 9.68.